The number of imidazole rings is 1. The number of nitrogens with zero attached hydrogens (tertiary/aromatic N) is 3. The molecule has 1 heterocycles. The molecule has 0 saturated carbocycles. The summed E-state index contributed by atoms with van der Waals surface area (Å²) in [6.07, 6.45) is 6.83. The van der Waals surface area contributed by atoms with Crippen LogP contribution < -0.4 is 5.73 Å². The van der Waals surface area contributed by atoms with Crippen molar-refractivity contribution in [2.75, 3.05) is 12.3 Å². The standard InChI is InChI=1S/C16H24N4/c1-14(2)20(9-4-8-19-10-7-18-13-19)12-15-5-3-6-16(17)11-15/h3,5-7,10-11,13-14H,4,8-9,12,17H2,1-2H3. The zero-order valence-corrected chi connectivity index (χ0v) is 12.4. The van der Waals surface area contributed by atoms with Gasteiger partial charge < -0.3 is 10.3 Å². The summed E-state index contributed by atoms with van der Waals surface area (Å²) in [5.41, 5.74) is 7.96. The summed E-state index contributed by atoms with van der Waals surface area (Å²) in [6, 6.07) is 8.68. The van der Waals surface area contributed by atoms with Gasteiger partial charge in [0, 0.05) is 43.8 Å². The van der Waals surface area contributed by atoms with Crippen LogP contribution in [-0.2, 0) is 13.1 Å². The van der Waals surface area contributed by atoms with E-state index in [0.717, 1.165) is 31.7 Å². The molecule has 1 aromatic carbocycles. The highest BCUT2D eigenvalue weighted by Gasteiger charge is 2.10. The third-order valence-electron chi connectivity index (χ3n) is 3.49. The van der Waals surface area contributed by atoms with E-state index in [1.165, 1.54) is 5.56 Å². The van der Waals surface area contributed by atoms with E-state index in [-0.39, 0.29) is 0 Å². The molecule has 20 heavy (non-hydrogen) atoms. The highest BCUT2D eigenvalue weighted by atomic mass is 15.1. The SMILES string of the molecule is CC(C)N(CCCn1ccnc1)Cc1cccc(N)c1. The number of anilines is 1. The summed E-state index contributed by atoms with van der Waals surface area (Å²) >= 11 is 0. The summed E-state index contributed by atoms with van der Waals surface area (Å²) in [4.78, 5) is 6.55. The lowest BCUT2D eigenvalue weighted by Gasteiger charge is -2.26. The number of rotatable bonds is 7. The van der Waals surface area contributed by atoms with Gasteiger partial charge in [-0.25, -0.2) is 4.98 Å². The second-order valence-electron chi connectivity index (χ2n) is 5.46. The van der Waals surface area contributed by atoms with E-state index < -0.39 is 0 Å². The van der Waals surface area contributed by atoms with Crippen molar-refractivity contribution in [2.24, 2.45) is 0 Å². The predicted octanol–water partition coefficient (Wildman–Crippen LogP) is 2.77. The van der Waals surface area contributed by atoms with Gasteiger partial charge >= 0.3 is 0 Å². The Hall–Kier alpha value is -1.81. The molecule has 0 fully saturated rings. The molecule has 0 spiro atoms. The van der Waals surface area contributed by atoms with Crippen LogP contribution in [0.2, 0.25) is 0 Å². The number of aryl methyl sites for hydroxylation is 1. The molecule has 0 saturated heterocycles. The van der Waals surface area contributed by atoms with E-state index in [0.29, 0.717) is 6.04 Å². The molecular weight excluding hydrogens is 248 g/mol. The van der Waals surface area contributed by atoms with Crippen LogP contribution in [0.1, 0.15) is 25.8 Å². The van der Waals surface area contributed by atoms with Crippen LogP contribution in [-0.4, -0.2) is 27.0 Å². The van der Waals surface area contributed by atoms with Gasteiger partial charge in [-0.15, -0.1) is 0 Å². The van der Waals surface area contributed by atoms with Crippen molar-refractivity contribution in [1.29, 1.82) is 0 Å². The van der Waals surface area contributed by atoms with Crippen LogP contribution in [0.15, 0.2) is 43.0 Å². The maximum atomic E-state index is 5.85. The molecule has 108 valence electrons. The van der Waals surface area contributed by atoms with Crippen molar-refractivity contribution in [3.8, 4) is 0 Å². The largest absolute Gasteiger partial charge is 0.399 e. The molecule has 4 heteroatoms. The molecule has 2 rings (SSSR count). The first-order valence-corrected chi connectivity index (χ1v) is 7.19. The zero-order chi connectivity index (χ0) is 14.4. The number of nitrogen functional groups attached to an aromatic ring is 1. The van der Waals surface area contributed by atoms with Crippen LogP contribution in [0.4, 0.5) is 5.69 Å². The molecule has 4 nitrogen and oxygen atoms in total. The first-order chi connectivity index (χ1) is 9.65. The Labute approximate surface area is 121 Å². The fourth-order valence-corrected chi connectivity index (χ4v) is 2.32. The van der Waals surface area contributed by atoms with Gasteiger partial charge in [0.25, 0.3) is 0 Å². The van der Waals surface area contributed by atoms with E-state index in [1.807, 2.05) is 30.9 Å². The molecule has 0 unspecified atom stereocenters. The van der Waals surface area contributed by atoms with Gasteiger partial charge in [0.2, 0.25) is 0 Å². The molecule has 0 aliphatic rings. The molecule has 0 bridgehead atoms. The molecule has 2 aromatic rings. The summed E-state index contributed by atoms with van der Waals surface area (Å²) < 4.78 is 2.12. The van der Waals surface area contributed by atoms with Gasteiger partial charge in [0.1, 0.15) is 0 Å². The number of benzene rings is 1. The minimum Gasteiger partial charge on any atom is -0.399 e. The van der Waals surface area contributed by atoms with Crippen molar-refractivity contribution in [2.45, 2.75) is 39.4 Å². The number of nitrogens with two attached hydrogens (primary N) is 1. The smallest absolute Gasteiger partial charge is 0.0945 e. The fraction of sp³-hybridized carbons (Fsp3) is 0.438. The third-order valence-corrected chi connectivity index (χ3v) is 3.49. The summed E-state index contributed by atoms with van der Waals surface area (Å²) in [5.74, 6) is 0. The number of hydrogen-bond acceptors (Lipinski definition) is 3. The monoisotopic (exact) mass is 272 g/mol. The topological polar surface area (TPSA) is 47.1 Å². The Morgan fingerprint density at radius 2 is 2.20 bits per heavy atom. The maximum absolute atomic E-state index is 5.85. The molecular formula is C16H24N4. The van der Waals surface area contributed by atoms with Gasteiger partial charge in [0.15, 0.2) is 0 Å². The van der Waals surface area contributed by atoms with Crippen LogP contribution in [0.3, 0.4) is 0 Å². The minimum atomic E-state index is 0.527. The first kappa shape index (κ1) is 14.6. The van der Waals surface area contributed by atoms with Crippen LogP contribution >= 0.6 is 0 Å². The lowest BCUT2D eigenvalue weighted by molar-refractivity contribution is 0.206. The molecule has 1 aromatic heterocycles. The Morgan fingerprint density at radius 3 is 2.85 bits per heavy atom. The summed E-state index contributed by atoms with van der Waals surface area (Å²) in [5, 5.41) is 0. The van der Waals surface area contributed by atoms with Crippen molar-refractivity contribution < 1.29 is 0 Å². The van der Waals surface area contributed by atoms with E-state index in [1.54, 1.807) is 0 Å². The average Bonchev–Trinajstić information content (AvgIpc) is 2.90. The Kier molecular flexibility index (Phi) is 5.18. The Bertz CT molecular complexity index is 505. The van der Waals surface area contributed by atoms with Crippen molar-refractivity contribution >= 4 is 5.69 Å². The van der Waals surface area contributed by atoms with Gasteiger partial charge in [-0.1, -0.05) is 12.1 Å². The average molecular weight is 272 g/mol. The van der Waals surface area contributed by atoms with Gasteiger partial charge in [0.05, 0.1) is 6.33 Å². The van der Waals surface area contributed by atoms with Crippen LogP contribution in [0.25, 0.3) is 0 Å². The molecule has 2 N–H and O–H groups in total. The van der Waals surface area contributed by atoms with Crippen molar-refractivity contribution in [3.05, 3.63) is 48.5 Å². The van der Waals surface area contributed by atoms with E-state index >= 15 is 0 Å². The normalized spacial score (nSPS) is 11.4. The molecule has 0 atom stereocenters. The van der Waals surface area contributed by atoms with Gasteiger partial charge in [-0.05, 0) is 38.0 Å². The minimum absolute atomic E-state index is 0.527. The zero-order valence-electron chi connectivity index (χ0n) is 12.4. The fourth-order valence-electron chi connectivity index (χ4n) is 2.32. The highest BCUT2D eigenvalue weighted by molar-refractivity contribution is 5.40. The first-order valence-electron chi connectivity index (χ1n) is 7.19. The number of aromatic nitrogens is 2. The summed E-state index contributed by atoms with van der Waals surface area (Å²) in [7, 11) is 0. The van der Waals surface area contributed by atoms with E-state index in [9.17, 15) is 0 Å². The van der Waals surface area contributed by atoms with E-state index in [4.69, 9.17) is 5.73 Å². The lowest BCUT2D eigenvalue weighted by Crippen LogP contribution is -2.31. The third kappa shape index (κ3) is 4.38. The van der Waals surface area contributed by atoms with Gasteiger partial charge in [-0.3, -0.25) is 4.90 Å². The van der Waals surface area contributed by atoms with Crippen molar-refractivity contribution in [3.63, 3.8) is 0 Å². The molecule has 0 aliphatic carbocycles. The Morgan fingerprint density at radius 1 is 1.35 bits per heavy atom. The predicted molar refractivity (Wildman–Crippen MR) is 83.2 cm³/mol. The number of hydrogen-bond donors (Lipinski definition) is 1. The summed E-state index contributed by atoms with van der Waals surface area (Å²) in [6.45, 7) is 7.52. The quantitative estimate of drug-likeness (QED) is 0.788. The van der Waals surface area contributed by atoms with E-state index in [2.05, 4.69) is 40.4 Å². The lowest BCUT2D eigenvalue weighted by atomic mass is 10.1. The second-order valence-corrected chi connectivity index (χ2v) is 5.46. The molecule has 0 aliphatic heterocycles. The molecule has 0 radical (unpaired) electrons. The second kappa shape index (κ2) is 7.10. The maximum Gasteiger partial charge on any atom is 0.0945 e. The highest BCUT2D eigenvalue weighted by Crippen LogP contribution is 2.12. The van der Waals surface area contributed by atoms with Gasteiger partial charge in [-0.2, -0.15) is 0 Å². The van der Waals surface area contributed by atoms with Crippen LogP contribution in [0.5, 0.6) is 0 Å². The van der Waals surface area contributed by atoms with Crippen molar-refractivity contribution in [1.82, 2.24) is 14.5 Å². The van der Waals surface area contributed by atoms with Crippen LogP contribution in [0, 0.1) is 0 Å². The Balaban J connectivity index is 1.87. The molecule has 0 amide bonds.